The summed E-state index contributed by atoms with van der Waals surface area (Å²) in [5.74, 6) is 0. The van der Waals surface area contributed by atoms with Crippen LogP contribution in [0.15, 0.2) is 17.2 Å². The monoisotopic (exact) mass is 253 g/mol. The van der Waals surface area contributed by atoms with Gasteiger partial charge in [-0.2, -0.15) is 0 Å². The summed E-state index contributed by atoms with van der Waals surface area (Å²) in [5, 5.41) is 3.47. The molecule has 4 heteroatoms. The molecule has 1 unspecified atom stereocenters. The van der Waals surface area contributed by atoms with Crippen LogP contribution in [-0.2, 0) is 13.1 Å². The fraction of sp³-hybridized carbons (Fsp3) is 0.786. The highest BCUT2D eigenvalue weighted by atomic mass is 16.1. The van der Waals surface area contributed by atoms with E-state index in [1.807, 2.05) is 17.0 Å². The van der Waals surface area contributed by atoms with Crippen molar-refractivity contribution in [3.63, 3.8) is 0 Å². The Labute approximate surface area is 110 Å². The summed E-state index contributed by atoms with van der Waals surface area (Å²) in [6.07, 6.45) is 8.15. The van der Waals surface area contributed by atoms with Crippen LogP contribution in [0.5, 0.6) is 0 Å². The zero-order valence-corrected chi connectivity index (χ0v) is 12.0. The molecule has 1 rings (SSSR count). The maximum absolute atomic E-state index is 11.9. The molecule has 0 spiro atoms. The number of nitrogens with zero attached hydrogens (tertiary/aromatic N) is 2. The summed E-state index contributed by atoms with van der Waals surface area (Å²) in [6.45, 7) is 9.10. The largest absolute Gasteiger partial charge is 0.328 e. The third-order valence-electron chi connectivity index (χ3n) is 3.32. The SMILES string of the molecule is CCCn1ccn(CCCC(CC)NCC)c1=O. The normalized spacial score (nSPS) is 12.8. The van der Waals surface area contributed by atoms with Gasteiger partial charge in [0.25, 0.3) is 0 Å². The van der Waals surface area contributed by atoms with Crippen molar-refractivity contribution in [2.24, 2.45) is 0 Å². The van der Waals surface area contributed by atoms with Crippen molar-refractivity contribution >= 4 is 0 Å². The highest BCUT2D eigenvalue weighted by molar-refractivity contribution is 4.81. The number of nitrogens with one attached hydrogen (secondary N) is 1. The van der Waals surface area contributed by atoms with E-state index in [0.29, 0.717) is 6.04 Å². The van der Waals surface area contributed by atoms with Gasteiger partial charge < -0.3 is 5.32 Å². The van der Waals surface area contributed by atoms with Crippen molar-refractivity contribution < 1.29 is 0 Å². The Morgan fingerprint density at radius 1 is 1.17 bits per heavy atom. The van der Waals surface area contributed by atoms with E-state index >= 15 is 0 Å². The summed E-state index contributed by atoms with van der Waals surface area (Å²) in [5.41, 5.74) is 0.133. The van der Waals surface area contributed by atoms with Gasteiger partial charge in [0.1, 0.15) is 0 Å². The van der Waals surface area contributed by atoms with Crippen LogP contribution in [-0.4, -0.2) is 21.7 Å². The van der Waals surface area contributed by atoms with Crippen molar-refractivity contribution in [2.75, 3.05) is 6.54 Å². The minimum atomic E-state index is 0.133. The fourth-order valence-corrected chi connectivity index (χ4v) is 2.28. The summed E-state index contributed by atoms with van der Waals surface area (Å²) >= 11 is 0. The van der Waals surface area contributed by atoms with Crippen LogP contribution < -0.4 is 11.0 Å². The van der Waals surface area contributed by atoms with Gasteiger partial charge in [0, 0.05) is 31.5 Å². The number of hydrogen-bond donors (Lipinski definition) is 1. The lowest BCUT2D eigenvalue weighted by Gasteiger charge is -2.15. The van der Waals surface area contributed by atoms with E-state index in [9.17, 15) is 4.79 Å². The van der Waals surface area contributed by atoms with Gasteiger partial charge in [0.2, 0.25) is 0 Å². The number of rotatable bonds is 9. The molecular formula is C14H27N3O. The highest BCUT2D eigenvalue weighted by Crippen LogP contribution is 2.03. The second-order valence-electron chi connectivity index (χ2n) is 4.77. The third-order valence-corrected chi connectivity index (χ3v) is 3.32. The molecule has 0 bridgehead atoms. The predicted octanol–water partition coefficient (Wildman–Crippen LogP) is 2.23. The molecule has 0 saturated heterocycles. The molecule has 0 fully saturated rings. The smallest absolute Gasteiger partial charge is 0.314 e. The summed E-state index contributed by atoms with van der Waals surface area (Å²) in [7, 11) is 0. The summed E-state index contributed by atoms with van der Waals surface area (Å²) in [6, 6.07) is 0.587. The lowest BCUT2D eigenvalue weighted by molar-refractivity contribution is 0.444. The van der Waals surface area contributed by atoms with E-state index in [2.05, 4.69) is 26.1 Å². The molecule has 0 aliphatic rings. The Morgan fingerprint density at radius 3 is 2.39 bits per heavy atom. The highest BCUT2D eigenvalue weighted by Gasteiger charge is 2.06. The number of imidazole rings is 1. The van der Waals surface area contributed by atoms with Crippen LogP contribution in [0.25, 0.3) is 0 Å². The van der Waals surface area contributed by atoms with E-state index in [4.69, 9.17) is 0 Å². The van der Waals surface area contributed by atoms with Crippen LogP contribution >= 0.6 is 0 Å². The van der Waals surface area contributed by atoms with Gasteiger partial charge in [0.15, 0.2) is 0 Å². The van der Waals surface area contributed by atoms with Crippen molar-refractivity contribution in [1.82, 2.24) is 14.5 Å². The zero-order chi connectivity index (χ0) is 13.4. The molecule has 0 aromatic carbocycles. The number of hydrogen-bond acceptors (Lipinski definition) is 2. The molecule has 0 amide bonds. The van der Waals surface area contributed by atoms with Gasteiger partial charge in [0.05, 0.1) is 0 Å². The quantitative estimate of drug-likeness (QED) is 0.733. The average Bonchev–Trinajstić information content (AvgIpc) is 2.71. The van der Waals surface area contributed by atoms with Gasteiger partial charge in [-0.05, 0) is 32.2 Å². The maximum atomic E-state index is 11.9. The van der Waals surface area contributed by atoms with Crippen LogP contribution in [0.3, 0.4) is 0 Å². The Balaban J connectivity index is 2.41. The van der Waals surface area contributed by atoms with Gasteiger partial charge in [-0.1, -0.05) is 20.8 Å². The van der Waals surface area contributed by atoms with E-state index in [1.54, 1.807) is 4.57 Å². The lowest BCUT2D eigenvalue weighted by atomic mass is 10.1. The second kappa shape index (κ2) is 8.14. The first-order valence-electron chi connectivity index (χ1n) is 7.21. The van der Waals surface area contributed by atoms with E-state index in [0.717, 1.165) is 45.3 Å². The minimum Gasteiger partial charge on any atom is -0.314 e. The van der Waals surface area contributed by atoms with Crippen LogP contribution in [0, 0.1) is 0 Å². The summed E-state index contributed by atoms with van der Waals surface area (Å²) < 4.78 is 3.62. The molecule has 1 heterocycles. The molecule has 4 nitrogen and oxygen atoms in total. The Bertz CT molecular complexity index is 381. The van der Waals surface area contributed by atoms with Crippen LogP contribution in [0.4, 0.5) is 0 Å². The third kappa shape index (κ3) is 4.33. The molecular weight excluding hydrogens is 226 g/mol. The molecule has 0 radical (unpaired) electrons. The van der Waals surface area contributed by atoms with Gasteiger partial charge >= 0.3 is 5.69 Å². The lowest BCUT2D eigenvalue weighted by Crippen LogP contribution is -2.29. The molecule has 1 atom stereocenters. The van der Waals surface area contributed by atoms with Crippen molar-refractivity contribution in [3.8, 4) is 0 Å². The van der Waals surface area contributed by atoms with Gasteiger partial charge in [-0.3, -0.25) is 9.13 Å². The van der Waals surface area contributed by atoms with E-state index in [-0.39, 0.29) is 5.69 Å². The Kier molecular flexibility index (Phi) is 6.80. The first-order valence-corrected chi connectivity index (χ1v) is 7.21. The molecule has 0 aliphatic carbocycles. The molecule has 0 saturated carbocycles. The van der Waals surface area contributed by atoms with Crippen LogP contribution in [0.2, 0.25) is 0 Å². The van der Waals surface area contributed by atoms with Crippen LogP contribution in [0.1, 0.15) is 46.5 Å². The predicted molar refractivity (Wildman–Crippen MR) is 76.0 cm³/mol. The topological polar surface area (TPSA) is 39.0 Å². The van der Waals surface area contributed by atoms with Gasteiger partial charge in [-0.25, -0.2) is 4.79 Å². The number of aryl methyl sites for hydroxylation is 2. The maximum Gasteiger partial charge on any atom is 0.328 e. The minimum absolute atomic E-state index is 0.133. The standard InChI is InChI=1S/C14H27N3O/c1-4-9-16-11-12-17(14(16)18)10-7-8-13(5-2)15-6-3/h11-13,15H,4-10H2,1-3H3. The first kappa shape index (κ1) is 15.0. The van der Waals surface area contributed by atoms with Gasteiger partial charge in [-0.15, -0.1) is 0 Å². The molecule has 104 valence electrons. The van der Waals surface area contributed by atoms with Crippen molar-refractivity contribution in [1.29, 1.82) is 0 Å². The first-order chi connectivity index (χ1) is 8.72. The molecule has 18 heavy (non-hydrogen) atoms. The molecule has 1 aromatic rings. The Hall–Kier alpha value is -1.03. The van der Waals surface area contributed by atoms with E-state index in [1.165, 1.54) is 0 Å². The zero-order valence-electron chi connectivity index (χ0n) is 12.0. The fourth-order valence-electron chi connectivity index (χ4n) is 2.28. The number of aromatic nitrogens is 2. The van der Waals surface area contributed by atoms with Crippen molar-refractivity contribution in [2.45, 2.75) is 65.6 Å². The summed E-state index contributed by atoms with van der Waals surface area (Å²) in [4.78, 5) is 11.9. The molecule has 0 aliphatic heterocycles. The van der Waals surface area contributed by atoms with E-state index < -0.39 is 0 Å². The Morgan fingerprint density at radius 2 is 1.83 bits per heavy atom. The molecule has 1 N–H and O–H groups in total. The second-order valence-corrected chi connectivity index (χ2v) is 4.77. The van der Waals surface area contributed by atoms with Crippen molar-refractivity contribution in [3.05, 3.63) is 22.9 Å². The molecule has 1 aromatic heterocycles. The average molecular weight is 253 g/mol.